The Bertz CT molecular complexity index is 622. The summed E-state index contributed by atoms with van der Waals surface area (Å²) in [6, 6.07) is 1.86. The van der Waals surface area contributed by atoms with E-state index in [-0.39, 0.29) is 6.61 Å². The molecule has 110 valence electrons. The SMILES string of the molecule is CN(Cc1cc(C#CCCO)cs1)C(=O)CS(C)(=O)=O. The number of sulfone groups is 1. The third-order valence-corrected chi connectivity index (χ3v) is 4.02. The topological polar surface area (TPSA) is 74.7 Å². The number of carbonyl (C=O) groups is 1. The van der Waals surface area contributed by atoms with Crippen LogP contribution in [0, 0.1) is 11.8 Å². The average molecular weight is 315 g/mol. The van der Waals surface area contributed by atoms with Crippen LogP contribution in [0.15, 0.2) is 11.4 Å². The Labute approximate surface area is 123 Å². The maximum atomic E-state index is 11.7. The van der Waals surface area contributed by atoms with Gasteiger partial charge in [-0.05, 0) is 6.07 Å². The lowest BCUT2D eigenvalue weighted by Gasteiger charge is -2.15. The van der Waals surface area contributed by atoms with E-state index in [9.17, 15) is 13.2 Å². The molecule has 5 nitrogen and oxygen atoms in total. The van der Waals surface area contributed by atoms with Gasteiger partial charge in [-0.15, -0.1) is 11.3 Å². The molecule has 0 aliphatic heterocycles. The maximum Gasteiger partial charge on any atom is 0.237 e. The maximum absolute atomic E-state index is 11.7. The van der Waals surface area contributed by atoms with Crippen molar-refractivity contribution in [2.75, 3.05) is 25.7 Å². The molecule has 0 unspecified atom stereocenters. The second-order valence-electron chi connectivity index (χ2n) is 4.40. The molecule has 20 heavy (non-hydrogen) atoms. The first-order chi connectivity index (χ1) is 9.31. The Morgan fingerprint density at radius 1 is 1.50 bits per heavy atom. The molecule has 0 fully saturated rings. The van der Waals surface area contributed by atoms with E-state index in [2.05, 4.69) is 11.8 Å². The molecule has 0 aliphatic rings. The van der Waals surface area contributed by atoms with Gasteiger partial charge in [0.2, 0.25) is 5.91 Å². The lowest BCUT2D eigenvalue weighted by Crippen LogP contribution is -2.31. The molecule has 0 spiro atoms. The summed E-state index contributed by atoms with van der Waals surface area (Å²) < 4.78 is 22.1. The van der Waals surface area contributed by atoms with Crippen molar-refractivity contribution in [3.63, 3.8) is 0 Å². The van der Waals surface area contributed by atoms with Gasteiger partial charge in [-0.25, -0.2) is 8.42 Å². The molecule has 0 saturated carbocycles. The first-order valence-corrected chi connectivity index (χ1v) is 8.84. The quantitative estimate of drug-likeness (QED) is 0.802. The third kappa shape index (κ3) is 6.19. The van der Waals surface area contributed by atoms with Gasteiger partial charge in [0.15, 0.2) is 9.84 Å². The third-order valence-electron chi connectivity index (χ3n) is 2.33. The van der Waals surface area contributed by atoms with Crippen LogP contribution in [0.2, 0.25) is 0 Å². The smallest absolute Gasteiger partial charge is 0.237 e. The van der Waals surface area contributed by atoms with Crippen LogP contribution in [0.1, 0.15) is 16.9 Å². The predicted octanol–water partition coefficient (Wildman–Crippen LogP) is 0.485. The fourth-order valence-corrected chi connectivity index (χ4v) is 2.94. The highest BCUT2D eigenvalue weighted by atomic mass is 32.2. The highest BCUT2D eigenvalue weighted by Gasteiger charge is 2.16. The molecule has 1 N–H and O–H groups in total. The van der Waals surface area contributed by atoms with E-state index in [1.54, 1.807) is 7.05 Å². The van der Waals surface area contributed by atoms with Crippen LogP contribution in [0.25, 0.3) is 0 Å². The van der Waals surface area contributed by atoms with E-state index in [0.717, 1.165) is 16.7 Å². The Hall–Kier alpha value is -1.36. The molecule has 1 aromatic rings. The van der Waals surface area contributed by atoms with Crippen LogP contribution in [0.4, 0.5) is 0 Å². The number of carbonyl (C=O) groups excluding carboxylic acids is 1. The largest absolute Gasteiger partial charge is 0.395 e. The summed E-state index contributed by atoms with van der Waals surface area (Å²) in [7, 11) is -1.73. The minimum Gasteiger partial charge on any atom is -0.395 e. The summed E-state index contributed by atoms with van der Waals surface area (Å²) in [6.07, 6.45) is 1.47. The number of hydrogen-bond acceptors (Lipinski definition) is 5. The van der Waals surface area contributed by atoms with E-state index in [1.807, 2.05) is 11.4 Å². The molecule has 1 heterocycles. The lowest BCUT2D eigenvalue weighted by atomic mass is 10.3. The number of thiophene rings is 1. The second-order valence-corrected chi connectivity index (χ2v) is 7.53. The molecule has 0 aliphatic carbocycles. The van der Waals surface area contributed by atoms with E-state index >= 15 is 0 Å². The monoisotopic (exact) mass is 315 g/mol. The fraction of sp³-hybridized carbons (Fsp3) is 0.462. The Morgan fingerprint density at radius 3 is 2.80 bits per heavy atom. The van der Waals surface area contributed by atoms with Gasteiger partial charge in [0, 0.05) is 35.5 Å². The number of aliphatic hydroxyl groups excluding tert-OH is 1. The van der Waals surface area contributed by atoms with E-state index < -0.39 is 21.5 Å². The summed E-state index contributed by atoms with van der Waals surface area (Å²) in [5, 5.41) is 10.5. The highest BCUT2D eigenvalue weighted by molar-refractivity contribution is 7.91. The number of rotatable bonds is 5. The van der Waals surface area contributed by atoms with Crippen molar-refractivity contribution in [3.05, 3.63) is 21.9 Å². The van der Waals surface area contributed by atoms with Crippen molar-refractivity contribution in [1.82, 2.24) is 4.90 Å². The van der Waals surface area contributed by atoms with E-state index in [1.165, 1.54) is 16.2 Å². The first-order valence-electron chi connectivity index (χ1n) is 5.90. The first kappa shape index (κ1) is 16.7. The van der Waals surface area contributed by atoms with Gasteiger partial charge in [-0.2, -0.15) is 0 Å². The zero-order chi connectivity index (χ0) is 15.2. The van der Waals surface area contributed by atoms with Gasteiger partial charge in [0.25, 0.3) is 0 Å². The highest BCUT2D eigenvalue weighted by Crippen LogP contribution is 2.15. The molecule has 1 aromatic heterocycles. The van der Waals surface area contributed by atoms with Crippen molar-refractivity contribution in [1.29, 1.82) is 0 Å². The summed E-state index contributed by atoms with van der Waals surface area (Å²) >= 11 is 1.46. The Kier molecular flexibility index (Phi) is 6.20. The van der Waals surface area contributed by atoms with Crippen molar-refractivity contribution < 1.29 is 18.3 Å². The minimum atomic E-state index is -3.30. The van der Waals surface area contributed by atoms with Crippen molar-refractivity contribution in [2.24, 2.45) is 0 Å². The van der Waals surface area contributed by atoms with Crippen LogP contribution in [0.3, 0.4) is 0 Å². The summed E-state index contributed by atoms with van der Waals surface area (Å²) in [5.41, 5.74) is 0.836. The molecule has 0 atom stereocenters. The van der Waals surface area contributed by atoms with Gasteiger partial charge in [-0.1, -0.05) is 11.8 Å². The zero-order valence-corrected chi connectivity index (χ0v) is 13.1. The van der Waals surface area contributed by atoms with Crippen LogP contribution in [-0.2, 0) is 21.2 Å². The second kappa shape index (κ2) is 7.43. The van der Waals surface area contributed by atoms with Crippen LogP contribution < -0.4 is 0 Å². The molecule has 0 bridgehead atoms. The van der Waals surface area contributed by atoms with E-state index in [4.69, 9.17) is 5.11 Å². The Balaban J connectivity index is 2.61. The van der Waals surface area contributed by atoms with E-state index in [0.29, 0.717) is 13.0 Å². The molecule has 1 amide bonds. The number of nitrogens with zero attached hydrogens (tertiary/aromatic N) is 1. The molecule has 7 heteroatoms. The normalized spacial score (nSPS) is 10.8. The fourth-order valence-electron chi connectivity index (χ4n) is 1.41. The summed E-state index contributed by atoms with van der Waals surface area (Å²) in [4.78, 5) is 14.0. The molecular formula is C13H17NO4S2. The zero-order valence-electron chi connectivity index (χ0n) is 11.4. The lowest BCUT2D eigenvalue weighted by molar-refractivity contribution is -0.127. The van der Waals surface area contributed by atoms with Crippen molar-refractivity contribution >= 4 is 27.1 Å². The molecule has 0 saturated heterocycles. The number of hydrogen-bond donors (Lipinski definition) is 1. The van der Waals surface area contributed by atoms with Crippen LogP contribution >= 0.6 is 11.3 Å². The molecule has 1 rings (SSSR count). The van der Waals surface area contributed by atoms with Gasteiger partial charge in [0.05, 0.1) is 13.2 Å². The van der Waals surface area contributed by atoms with Gasteiger partial charge in [0.1, 0.15) is 5.75 Å². The van der Waals surface area contributed by atoms with Crippen LogP contribution in [0.5, 0.6) is 0 Å². The summed E-state index contributed by atoms with van der Waals surface area (Å²) in [6.45, 7) is 0.396. The van der Waals surface area contributed by atoms with Crippen molar-refractivity contribution in [3.8, 4) is 11.8 Å². The predicted molar refractivity (Wildman–Crippen MR) is 79.1 cm³/mol. The molecule has 0 radical (unpaired) electrons. The minimum absolute atomic E-state index is 0.0344. The van der Waals surface area contributed by atoms with Gasteiger partial charge in [-0.3, -0.25) is 4.79 Å². The summed E-state index contributed by atoms with van der Waals surface area (Å²) in [5.74, 6) is 4.83. The number of aliphatic hydroxyl groups is 1. The van der Waals surface area contributed by atoms with Crippen molar-refractivity contribution in [2.45, 2.75) is 13.0 Å². The Morgan fingerprint density at radius 2 is 2.20 bits per heavy atom. The molecule has 0 aromatic carbocycles. The van der Waals surface area contributed by atoms with Gasteiger partial charge >= 0.3 is 0 Å². The number of amides is 1. The van der Waals surface area contributed by atoms with Gasteiger partial charge < -0.3 is 10.0 Å². The molecular weight excluding hydrogens is 298 g/mol. The standard InChI is InChI=1S/C13H17NO4S2/c1-14(13(16)10-20(2,17)18)8-12-7-11(9-19-12)5-3-4-6-15/h7,9,15H,4,6,8,10H2,1-2H3. The van der Waals surface area contributed by atoms with Crippen LogP contribution in [-0.4, -0.2) is 50.0 Å². The average Bonchev–Trinajstić information content (AvgIpc) is 2.75.